The summed E-state index contributed by atoms with van der Waals surface area (Å²) in [6.45, 7) is 0. The Hall–Kier alpha value is -2.09. The Morgan fingerprint density at radius 1 is 1.35 bits per heavy atom. The maximum absolute atomic E-state index is 13.2. The fourth-order valence-corrected chi connectivity index (χ4v) is 1.53. The van der Waals surface area contributed by atoms with E-state index in [4.69, 9.17) is 16.7 Å². The van der Waals surface area contributed by atoms with Gasteiger partial charge in [-0.15, -0.1) is 0 Å². The first-order valence-electron chi connectivity index (χ1n) is 4.97. The second-order valence-electron chi connectivity index (χ2n) is 3.63. The molecule has 0 saturated carbocycles. The van der Waals surface area contributed by atoms with Crippen LogP contribution in [0, 0.1) is 5.82 Å². The van der Waals surface area contributed by atoms with Crippen LogP contribution in [-0.2, 0) is 6.18 Å². The maximum Gasteiger partial charge on any atom is 0.437 e. The molecule has 0 fully saturated rings. The number of benzene rings is 1. The summed E-state index contributed by atoms with van der Waals surface area (Å²) >= 11 is 5.43. The molecule has 0 bridgehead atoms. The van der Waals surface area contributed by atoms with Crippen LogP contribution in [0.1, 0.15) is 16.2 Å². The summed E-state index contributed by atoms with van der Waals surface area (Å²) in [5.74, 6) is -4.84. The number of carboxylic acid groups (broad SMARTS) is 1. The second kappa shape index (κ2) is 4.78. The zero-order valence-electron chi connectivity index (χ0n) is 9.33. The molecule has 0 amide bonds. The SMILES string of the molecule is O=C(O)c1oc(-c2ccc(Cl)c(F)c2)nc1C(F)(F)F. The molecule has 0 aliphatic rings. The standard InChI is InChI=1S/C11H4ClF4NO3/c12-5-2-1-4(3-6(5)13)9-17-8(11(14,15)16)7(20-9)10(18)19/h1-3H,(H,18,19). The van der Waals surface area contributed by atoms with Crippen molar-refractivity contribution in [1.82, 2.24) is 4.98 Å². The third-order valence-electron chi connectivity index (χ3n) is 2.26. The van der Waals surface area contributed by atoms with Gasteiger partial charge in [-0.3, -0.25) is 0 Å². The molecule has 1 aromatic heterocycles. The van der Waals surface area contributed by atoms with E-state index >= 15 is 0 Å². The Labute approximate surface area is 113 Å². The number of oxazole rings is 1. The molecule has 106 valence electrons. The van der Waals surface area contributed by atoms with Gasteiger partial charge in [0, 0.05) is 5.56 Å². The first kappa shape index (κ1) is 14.3. The molecule has 1 N–H and O–H groups in total. The number of aromatic nitrogens is 1. The number of carboxylic acids is 1. The molecule has 9 heteroatoms. The number of aromatic carboxylic acids is 1. The maximum atomic E-state index is 13.2. The van der Waals surface area contributed by atoms with E-state index in [2.05, 4.69) is 9.40 Å². The third-order valence-corrected chi connectivity index (χ3v) is 2.56. The van der Waals surface area contributed by atoms with Crippen molar-refractivity contribution in [2.75, 3.05) is 0 Å². The number of halogens is 5. The van der Waals surface area contributed by atoms with Crippen molar-refractivity contribution in [3.05, 3.63) is 40.5 Å². The summed E-state index contributed by atoms with van der Waals surface area (Å²) in [5.41, 5.74) is -1.85. The molecule has 0 saturated heterocycles. The van der Waals surface area contributed by atoms with Gasteiger partial charge < -0.3 is 9.52 Å². The van der Waals surface area contributed by atoms with Crippen LogP contribution in [-0.4, -0.2) is 16.1 Å². The first-order chi connectivity index (χ1) is 9.20. The van der Waals surface area contributed by atoms with E-state index in [9.17, 15) is 22.4 Å². The molecular weight excluding hydrogens is 306 g/mol. The summed E-state index contributed by atoms with van der Waals surface area (Å²) in [5, 5.41) is 8.42. The summed E-state index contributed by atoms with van der Waals surface area (Å²) in [6, 6.07) is 3.03. The van der Waals surface area contributed by atoms with Crippen LogP contribution in [0.2, 0.25) is 5.02 Å². The van der Waals surface area contributed by atoms with Crippen molar-refractivity contribution in [2.24, 2.45) is 0 Å². The smallest absolute Gasteiger partial charge is 0.437 e. The highest BCUT2D eigenvalue weighted by Crippen LogP contribution is 2.34. The lowest BCUT2D eigenvalue weighted by atomic mass is 10.2. The number of hydrogen-bond donors (Lipinski definition) is 1. The highest BCUT2D eigenvalue weighted by molar-refractivity contribution is 6.30. The molecule has 0 atom stereocenters. The number of hydrogen-bond acceptors (Lipinski definition) is 3. The van der Waals surface area contributed by atoms with Crippen LogP contribution >= 0.6 is 11.6 Å². The monoisotopic (exact) mass is 309 g/mol. The Kier molecular flexibility index (Phi) is 3.43. The fourth-order valence-electron chi connectivity index (χ4n) is 1.41. The van der Waals surface area contributed by atoms with E-state index < -0.39 is 35.3 Å². The van der Waals surface area contributed by atoms with E-state index in [1.807, 2.05) is 0 Å². The molecule has 2 aromatic rings. The van der Waals surface area contributed by atoms with Crippen molar-refractivity contribution >= 4 is 17.6 Å². The minimum Gasteiger partial charge on any atom is -0.475 e. The lowest BCUT2D eigenvalue weighted by molar-refractivity contribution is -0.141. The van der Waals surface area contributed by atoms with E-state index in [-0.39, 0.29) is 10.6 Å². The minimum absolute atomic E-state index is 0.162. The Balaban J connectivity index is 2.58. The van der Waals surface area contributed by atoms with Gasteiger partial charge >= 0.3 is 12.1 Å². The molecule has 4 nitrogen and oxygen atoms in total. The Morgan fingerprint density at radius 2 is 2.00 bits per heavy atom. The Bertz CT molecular complexity index is 681. The second-order valence-corrected chi connectivity index (χ2v) is 4.04. The van der Waals surface area contributed by atoms with Crippen LogP contribution in [0.4, 0.5) is 17.6 Å². The number of alkyl halides is 3. The van der Waals surface area contributed by atoms with Crippen molar-refractivity contribution < 1.29 is 31.9 Å². The van der Waals surface area contributed by atoms with Gasteiger partial charge in [-0.05, 0) is 18.2 Å². The first-order valence-corrected chi connectivity index (χ1v) is 5.34. The normalized spacial score (nSPS) is 11.7. The fraction of sp³-hybridized carbons (Fsp3) is 0.0909. The molecule has 1 heterocycles. The van der Waals surface area contributed by atoms with Gasteiger partial charge in [-0.2, -0.15) is 13.2 Å². The van der Waals surface area contributed by atoms with Gasteiger partial charge in [0.25, 0.3) is 0 Å². The van der Waals surface area contributed by atoms with E-state index in [0.29, 0.717) is 0 Å². The van der Waals surface area contributed by atoms with Crippen molar-refractivity contribution in [3.8, 4) is 11.5 Å². The van der Waals surface area contributed by atoms with Crippen LogP contribution < -0.4 is 0 Å². The van der Waals surface area contributed by atoms with Crippen molar-refractivity contribution in [2.45, 2.75) is 6.18 Å². The topological polar surface area (TPSA) is 63.3 Å². The molecule has 0 aliphatic heterocycles. The van der Waals surface area contributed by atoms with Gasteiger partial charge in [0.15, 0.2) is 5.69 Å². The average molecular weight is 310 g/mol. The lowest BCUT2D eigenvalue weighted by Gasteiger charge is -2.00. The zero-order chi connectivity index (χ0) is 15.1. The van der Waals surface area contributed by atoms with Gasteiger partial charge in [0.1, 0.15) is 5.82 Å². The van der Waals surface area contributed by atoms with Gasteiger partial charge in [-0.1, -0.05) is 11.6 Å². The van der Waals surface area contributed by atoms with Gasteiger partial charge in [0.05, 0.1) is 5.02 Å². The summed E-state index contributed by atoms with van der Waals surface area (Å²) in [6.07, 6.45) is -5.00. The lowest BCUT2D eigenvalue weighted by Crippen LogP contribution is -2.11. The third kappa shape index (κ3) is 2.60. The highest BCUT2D eigenvalue weighted by Gasteiger charge is 2.41. The molecule has 0 aliphatic carbocycles. The van der Waals surface area contributed by atoms with E-state index in [0.717, 1.165) is 18.2 Å². The van der Waals surface area contributed by atoms with Crippen LogP contribution in [0.3, 0.4) is 0 Å². The van der Waals surface area contributed by atoms with Crippen LogP contribution in [0.15, 0.2) is 22.6 Å². The zero-order valence-corrected chi connectivity index (χ0v) is 10.1. The van der Waals surface area contributed by atoms with E-state index in [1.165, 1.54) is 0 Å². The predicted octanol–water partition coefficient (Wildman–Crippen LogP) is 3.85. The van der Waals surface area contributed by atoms with Gasteiger partial charge in [0.2, 0.25) is 11.7 Å². The van der Waals surface area contributed by atoms with Crippen LogP contribution in [0.5, 0.6) is 0 Å². The van der Waals surface area contributed by atoms with Crippen molar-refractivity contribution in [1.29, 1.82) is 0 Å². The Morgan fingerprint density at radius 3 is 2.45 bits per heavy atom. The predicted molar refractivity (Wildman–Crippen MR) is 58.9 cm³/mol. The summed E-state index contributed by atoms with van der Waals surface area (Å²) < 4.78 is 55.6. The number of rotatable bonds is 2. The molecular formula is C11H4ClF4NO3. The molecule has 20 heavy (non-hydrogen) atoms. The highest BCUT2D eigenvalue weighted by atomic mass is 35.5. The molecule has 1 aromatic carbocycles. The minimum atomic E-state index is -5.00. The molecule has 2 rings (SSSR count). The summed E-state index contributed by atoms with van der Waals surface area (Å²) in [7, 11) is 0. The molecule has 0 radical (unpaired) electrons. The molecule has 0 spiro atoms. The van der Waals surface area contributed by atoms with Crippen LogP contribution in [0.25, 0.3) is 11.5 Å². The average Bonchev–Trinajstić information content (AvgIpc) is 2.77. The quantitative estimate of drug-likeness (QED) is 0.856. The van der Waals surface area contributed by atoms with Gasteiger partial charge in [-0.25, -0.2) is 14.2 Å². The number of nitrogens with zero attached hydrogens (tertiary/aromatic N) is 1. The molecule has 0 unspecified atom stereocenters. The van der Waals surface area contributed by atoms with E-state index in [1.54, 1.807) is 0 Å². The summed E-state index contributed by atoms with van der Waals surface area (Å²) in [4.78, 5) is 13.8. The largest absolute Gasteiger partial charge is 0.475 e. The van der Waals surface area contributed by atoms with Crippen molar-refractivity contribution in [3.63, 3.8) is 0 Å². The number of carbonyl (C=O) groups is 1.